The third-order valence-electron chi connectivity index (χ3n) is 2.93. The van der Waals surface area contributed by atoms with Gasteiger partial charge in [0.05, 0.1) is 11.3 Å². The highest BCUT2D eigenvalue weighted by Gasteiger charge is 2.15. The summed E-state index contributed by atoms with van der Waals surface area (Å²) in [4.78, 5) is 10.7. The van der Waals surface area contributed by atoms with Crippen molar-refractivity contribution in [2.45, 2.75) is 44.9 Å². The highest BCUT2D eigenvalue weighted by Crippen LogP contribution is 2.09. The molecule has 1 aromatic rings. The number of benzene rings is 1. The Morgan fingerprint density at radius 2 is 1.90 bits per heavy atom. The second-order valence-corrected chi connectivity index (χ2v) is 6.68. The van der Waals surface area contributed by atoms with E-state index in [1.807, 2.05) is 6.92 Å². The number of unbranched alkanes of at least 4 members (excludes halogenated alkanes) is 1. The first-order valence-corrected chi connectivity index (χ1v) is 8.31. The van der Waals surface area contributed by atoms with Crippen LogP contribution in [-0.2, 0) is 15.8 Å². The lowest BCUT2D eigenvalue weighted by Gasteiger charge is -2.13. The molecule has 0 saturated heterocycles. The van der Waals surface area contributed by atoms with Crippen molar-refractivity contribution in [2.24, 2.45) is 0 Å². The molecule has 2 N–H and O–H groups in total. The van der Waals surface area contributed by atoms with Crippen LogP contribution >= 0.6 is 0 Å². The van der Waals surface area contributed by atoms with Gasteiger partial charge in [0.25, 0.3) is 0 Å². The Morgan fingerprint density at radius 3 is 2.40 bits per heavy atom. The topological polar surface area (TPSA) is 83.5 Å². The van der Waals surface area contributed by atoms with Crippen LogP contribution < -0.4 is 4.72 Å². The minimum Gasteiger partial charge on any atom is -0.478 e. The molecule has 0 aromatic heterocycles. The second kappa shape index (κ2) is 7.40. The zero-order valence-electron chi connectivity index (χ0n) is 11.8. The van der Waals surface area contributed by atoms with Gasteiger partial charge in [-0.1, -0.05) is 31.9 Å². The first-order valence-electron chi connectivity index (χ1n) is 6.66. The number of carboxylic acid groups (broad SMARTS) is 1. The predicted molar refractivity (Wildman–Crippen MR) is 78.1 cm³/mol. The molecule has 6 heteroatoms. The first-order chi connectivity index (χ1) is 9.34. The van der Waals surface area contributed by atoms with Gasteiger partial charge < -0.3 is 5.11 Å². The highest BCUT2D eigenvalue weighted by atomic mass is 32.2. The van der Waals surface area contributed by atoms with Crippen molar-refractivity contribution < 1.29 is 18.3 Å². The number of rotatable bonds is 8. The zero-order chi connectivity index (χ0) is 15.2. The molecule has 0 bridgehead atoms. The van der Waals surface area contributed by atoms with E-state index in [4.69, 9.17) is 5.11 Å². The third kappa shape index (κ3) is 5.71. The van der Waals surface area contributed by atoms with E-state index in [9.17, 15) is 13.2 Å². The maximum atomic E-state index is 12.0. The van der Waals surface area contributed by atoms with Gasteiger partial charge in [-0.2, -0.15) is 0 Å². The van der Waals surface area contributed by atoms with Gasteiger partial charge in [0.1, 0.15) is 0 Å². The largest absolute Gasteiger partial charge is 0.478 e. The molecule has 20 heavy (non-hydrogen) atoms. The fourth-order valence-electron chi connectivity index (χ4n) is 1.88. The number of sulfonamides is 1. The van der Waals surface area contributed by atoms with Gasteiger partial charge in [-0.15, -0.1) is 0 Å². The smallest absolute Gasteiger partial charge is 0.335 e. The van der Waals surface area contributed by atoms with E-state index in [-0.39, 0.29) is 17.4 Å². The Kier molecular flexibility index (Phi) is 6.16. The van der Waals surface area contributed by atoms with Gasteiger partial charge >= 0.3 is 5.97 Å². The average Bonchev–Trinajstić information content (AvgIpc) is 2.35. The molecular weight excluding hydrogens is 278 g/mol. The first kappa shape index (κ1) is 16.7. The number of aromatic carboxylic acids is 1. The van der Waals surface area contributed by atoms with E-state index in [1.54, 1.807) is 0 Å². The molecule has 0 aliphatic carbocycles. The van der Waals surface area contributed by atoms with Crippen molar-refractivity contribution in [3.05, 3.63) is 35.4 Å². The number of hydrogen-bond donors (Lipinski definition) is 2. The number of hydrogen-bond acceptors (Lipinski definition) is 3. The van der Waals surface area contributed by atoms with E-state index in [0.29, 0.717) is 5.56 Å². The van der Waals surface area contributed by atoms with Crippen LogP contribution in [0.25, 0.3) is 0 Å². The van der Waals surface area contributed by atoms with E-state index in [1.165, 1.54) is 24.3 Å². The van der Waals surface area contributed by atoms with Crippen molar-refractivity contribution >= 4 is 16.0 Å². The lowest BCUT2D eigenvalue weighted by atomic mass is 10.1. The highest BCUT2D eigenvalue weighted by molar-refractivity contribution is 7.88. The van der Waals surface area contributed by atoms with Crippen molar-refractivity contribution in [3.8, 4) is 0 Å². The van der Waals surface area contributed by atoms with Gasteiger partial charge in [0.2, 0.25) is 10.0 Å². The summed E-state index contributed by atoms with van der Waals surface area (Å²) in [5.41, 5.74) is 0.723. The Morgan fingerprint density at radius 1 is 1.30 bits per heavy atom. The van der Waals surface area contributed by atoms with Gasteiger partial charge in [-0.05, 0) is 31.0 Å². The third-order valence-corrected chi connectivity index (χ3v) is 4.40. The van der Waals surface area contributed by atoms with Crippen LogP contribution in [-0.4, -0.2) is 25.5 Å². The van der Waals surface area contributed by atoms with Crippen molar-refractivity contribution in [1.29, 1.82) is 0 Å². The molecule has 0 radical (unpaired) electrons. The fraction of sp³-hybridized carbons (Fsp3) is 0.500. The minimum absolute atomic E-state index is 0.0850. The zero-order valence-corrected chi connectivity index (χ0v) is 12.6. The Bertz CT molecular complexity index is 537. The Hall–Kier alpha value is -1.40. The summed E-state index contributed by atoms with van der Waals surface area (Å²) < 4.78 is 26.6. The van der Waals surface area contributed by atoms with Crippen LogP contribution in [0.3, 0.4) is 0 Å². The molecular formula is C14H21NO4S. The molecule has 0 amide bonds. The van der Waals surface area contributed by atoms with Gasteiger partial charge in [0.15, 0.2) is 0 Å². The van der Waals surface area contributed by atoms with E-state index < -0.39 is 16.0 Å². The Balaban J connectivity index is 2.64. The molecule has 112 valence electrons. The fourth-order valence-corrected chi connectivity index (χ4v) is 3.33. The van der Waals surface area contributed by atoms with Crippen LogP contribution in [0.1, 0.15) is 49.0 Å². The molecule has 5 nitrogen and oxygen atoms in total. The summed E-state index contributed by atoms with van der Waals surface area (Å²) >= 11 is 0. The average molecular weight is 299 g/mol. The standard InChI is InChI=1S/C14H21NO4S/c1-3-4-5-11(2)15-20(18,19)10-12-6-8-13(9-7-12)14(16)17/h6-9,11,15H,3-5,10H2,1-2H3,(H,16,17). The molecule has 0 heterocycles. The molecule has 1 aromatic carbocycles. The van der Waals surface area contributed by atoms with E-state index in [0.717, 1.165) is 19.3 Å². The molecule has 1 unspecified atom stereocenters. The van der Waals surface area contributed by atoms with Crippen LogP contribution in [0.5, 0.6) is 0 Å². The van der Waals surface area contributed by atoms with Crippen LogP contribution in [0.2, 0.25) is 0 Å². The SMILES string of the molecule is CCCCC(C)NS(=O)(=O)Cc1ccc(C(=O)O)cc1. The monoisotopic (exact) mass is 299 g/mol. The summed E-state index contributed by atoms with van der Waals surface area (Å²) in [5, 5.41) is 8.78. The molecule has 0 spiro atoms. The summed E-state index contributed by atoms with van der Waals surface area (Å²) in [6.07, 6.45) is 2.83. The second-order valence-electron chi connectivity index (χ2n) is 4.92. The summed E-state index contributed by atoms with van der Waals surface area (Å²) in [6.45, 7) is 3.91. The summed E-state index contributed by atoms with van der Waals surface area (Å²) in [5.74, 6) is -1.16. The van der Waals surface area contributed by atoms with Gasteiger partial charge in [0, 0.05) is 6.04 Å². The van der Waals surface area contributed by atoms with Crippen molar-refractivity contribution in [1.82, 2.24) is 4.72 Å². The summed E-state index contributed by atoms with van der Waals surface area (Å²) in [7, 11) is -3.39. The summed E-state index contributed by atoms with van der Waals surface area (Å²) in [6, 6.07) is 5.79. The normalized spacial score (nSPS) is 13.1. The van der Waals surface area contributed by atoms with Crippen molar-refractivity contribution in [2.75, 3.05) is 0 Å². The molecule has 0 aliphatic heterocycles. The molecule has 0 aliphatic rings. The van der Waals surface area contributed by atoms with Crippen LogP contribution in [0, 0.1) is 0 Å². The number of carboxylic acids is 1. The maximum Gasteiger partial charge on any atom is 0.335 e. The van der Waals surface area contributed by atoms with Gasteiger partial charge in [-0.3, -0.25) is 0 Å². The quantitative estimate of drug-likeness (QED) is 0.772. The Labute approximate surface area is 120 Å². The molecule has 1 atom stereocenters. The van der Waals surface area contributed by atoms with Crippen LogP contribution in [0.15, 0.2) is 24.3 Å². The lowest BCUT2D eigenvalue weighted by molar-refractivity contribution is 0.0697. The lowest BCUT2D eigenvalue weighted by Crippen LogP contribution is -2.33. The number of nitrogens with one attached hydrogen (secondary N) is 1. The predicted octanol–water partition coefficient (Wildman–Crippen LogP) is 2.38. The minimum atomic E-state index is -3.39. The van der Waals surface area contributed by atoms with Crippen molar-refractivity contribution in [3.63, 3.8) is 0 Å². The van der Waals surface area contributed by atoms with Crippen LogP contribution in [0.4, 0.5) is 0 Å². The molecule has 0 fully saturated rings. The van der Waals surface area contributed by atoms with E-state index in [2.05, 4.69) is 11.6 Å². The van der Waals surface area contributed by atoms with Gasteiger partial charge in [-0.25, -0.2) is 17.9 Å². The molecule has 0 saturated carbocycles. The maximum absolute atomic E-state index is 12.0. The van der Waals surface area contributed by atoms with E-state index >= 15 is 0 Å². The molecule has 1 rings (SSSR count). The number of carbonyl (C=O) groups is 1.